The van der Waals surface area contributed by atoms with Crippen LogP contribution in [0.15, 0.2) is 0 Å². The average Bonchev–Trinajstić information content (AvgIpc) is 2.17. The van der Waals surface area contributed by atoms with Crippen LogP contribution < -0.4 is 0 Å². The van der Waals surface area contributed by atoms with E-state index in [1.807, 2.05) is 25.9 Å². The smallest absolute Gasteiger partial charge is 0.320 e. The van der Waals surface area contributed by atoms with Crippen LogP contribution in [0.4, 0.5) is 0 Å². The summed E-state index contributed by atoms with van der Waals surface area (Å²) in [5, 5.41) is 0. The summed E-state index contributed by atoms with van der Waals surface area (Å²) < 4.78 is 9.83. The highest BCUT2D eigenvalue weighted by atomic mass is 16.6. The Balaban J connectivity index is 4.70. The third-order valence-corrected chi connectivity index (χ3v) is 2.30. The van der Waals surface area contributed by atoms with E-state index in [4.69, 9.17) is 9.47 Å². The summed E-state index contributed by atoms with van der Waals surface area (Å²) in [5.74, 6) is -1.97. The number of nitrogens with zero attached hydrogens (tertiary/aromatic N) is 1. The van der Waals surface area contributed by atoms with Crippen molar-refractivity contribution < 1.29 is 19.1 Å². The van der Waals surface area contributed by atoms with E-state index in [0.29, 0.717) is 6.54 Å². The zero-order valence-electron chi connectivity index (χ0n) is 11.4. The van der Waals surface area contributed by atoms with Crippen LogP contribution in [0.25, 0.3) is 0 Å². The van der Waals surface area contributed by atoms with Gasteiger partial charge in [-0.3, -0.25) is 9.59 Å². The Hall–Kier alpha value is -1.10. The van der Waals surface area contributed by atoms with Crippen molar-refractivity contribution in [3.63, 3.8) is 0 Å². The lowest BCUT2D eigenvalue weighted by Crippen LogP contribution is -2.37. The fraction of sp³-hybridized carbons (Fsp3) is 0.833. The van der Waals surface area contributed by atoms with Gasteiger partial charge in [0, 0.05) is 6.54 Å². The van der Waals surface area contributed by atoms with E-state index in [9.17, 15) is 9.59 Å². The minimum absolute atomic E-state index is 0.136. The summed E-state index contributed by atoms with van der Waals surface area (Å²) in [7, 11) is 3.79. The molecule has 5 nitrogen and oxygen atoms in total. The number of carbonyl (C=O) groups is 2. The van der Waals surface area contributed by atoms with Crippen molar-refractivity contribution in [1.82, 2.24) is 4.90 Å². The summed E-state index contributed by atoms with van der Waals surface area (Å²) in [6.45, 7) is 6.45. The number of rotatable bonds is 7. The fourth-order valence-corrected chi connectivity index (χ4v) is 1.71. The quantitative estimate of drug-likeness (QED) is 0.493. The average molecular weight is 245 g/mol. The van der Waals surface area contributed by atoms with Gasteiger partial charge in [0.25, 0.3) is 0 Å². The van der Waals surface area contributed by atoms with E-state index in [0.717, 1.165) is 0 Å². The van der Waals surface area contributed by atoms with Gasteiger partial charge in [-0.1, -0.05) is 6.92 Å². The molecule has 17 heavy (non-hydrogen) atoms. The maximum atomic E-state index is 11.7. The summed E-state index contributed by atoms with van der Waals surface area (Å²) in [4.78, 5) is 25.4. The highest BCUT2D eigenvalue weighted by Gasteiger charge is 2.35. The lowest BCUT2D eigenvalue weighted by atomic mass is 9.93. The van der Waals surface area contributed by atoms with Gasteiger partial charge in [0.2, 0.25) is 0 Å². The predicted octanol–water partition coefficient (Wildman–Crippen LogP) is 0.927. The standard InChI is InChI=1S/C12H23NO4/c1-6-16-11(14)10(12(15)17-7-2)9(3)8-13(4)5/h9-10H,6-8H2,1-5H3. The number of hydrogen-bond acceptors (Lipinski definition) is 5. The highest BCUT2D eigenvalue weighted by Crippen LogP contribution is 2.16. The van der Waals surface area contributed by atoms with Crippen LogP contribution in [0.1, 0.15) is 20.8 Å². The van der Waals surface area contributed by atoms with Crippen LogP contribution in [-0.2, 0) is 19.1 Å². The van der Waals surface area contributed by atoms with Gasteiger partial charge in [-0.25, -0.2) is 0 Å². The minimum Gasteiger partial charge on any atom is -0.465 e. The van der Waals surface area contributed by atoms with Crippen molar-refractivity contribution in [2.75, 3.05) is 33.9 Å². The molecule has 5 heteroatoms. The SMILES string of the molecule is CCOC(=O)C(C(=O)OCC)C(C)CN(C)C. The molecule has 1 atom stereocenters. The Morgan fingerprint density at radius 1 is 1.06 bits per heavy atom. The van der Waals surface area contributed by atoms with Gasteiger partial charge in [0.05, 0.1) is 13.2 Å². The maximum Gasteiger partial charge on any atom is 0.320 e. The van der Waals surface area contributed by atoms with Gasteiger partial charge in [0.1, 0.15) is 0 Å². The Kier molecular flexibility index (Phi) is 7.54. The maximum absolute atomic E-state index is 11.7. The Labute approximate surface area is 103 Å². The molecule has 0 radical (unpaired) electrons. The van der Waals surface area contributed by atoms with Crippen LogP contribution >= 0.6 is 0 Å². The van der Waals surface area contributed by atoms with Crippen molar-refractivity contribution >= 4 is 11.9 Å². The number of esters is 2. The van der Waals surface area contributed by atoms with Crippen molar-refractivity contribution in [3.05, 3.63) is 0 Å². The largest absolute Gasteiger partial charge is 0.465 e. The highest BCUT2D eigenvalue weighted by molar-refractivity contribution is 5.95. The second-order valence-electron chi connectivity index (χ2n) is 4.22. The molecule has 0 aromatic rings. The zero-order valence-corrected chi connectivity index (χ0v) is 11.4. The molecular weight excluding hydrogens is 222 g/mol. The molecule has 0 saturated heterocycles. The molecule has 0 heterocycles. The molecule has 0 aromatic carbocycles. The molecule has 0 bridgehead atoms. The molecule has 0 spiro atoms. The predicted molar refractivity (Wildman–Crippen MR) is 64.5 cm³/mol. The first-order valence-electron chi connectivity index (χ1n) is 5.91. The van der Waals surface area contributed by atoms with Crippen molar-refractivity contribution in [2.45, 2.75) is 20.8 Å². The molecule has 0 aliphatic rings. The second kappa shape index (κ2) is 8.06. The molecule has 0 aliphatic carbocycles. The lowest BCUT2D eigenvalue weighted by Gasteiger charge is -2.23. The number of carbonyl (C=O) groups excluding carboxylic acids is 2. The zero-order chi connectivity index (χ0) is 13.4. The first kappa shape index (κ1) is 15.9. The molecule has 0 aliphatic heterocycles. The van der Waals surface area contributed by atoms with Gasteiger partial charge in [0.15, 0.2) is 5.92 Å². The van der Waals surface area contributed by atoms with E-state index >= 15 is 0 Å². The van der Waals surface area contributed by atoms with Crippen molar-refractivity contribution in [1.29, 1.82) is 0 Å². The number of hydrogen-bond donors (Lipinski definition) is 0. The first-order chi connectivity index (χ1) is 7.93. The van der Waals surface area contributed by atoms with Crippen LogP contribution in [0, 0.1) is 11.8 Å². The summed E-state index contributed by atoms with van der Waals surface area (Å²) in [5.41, 5.74) is 0. The van der Waals surface area contributed by atoms with E-state index in [1.165, 1.54) is 0 Å². The normalized spacial score (nSPS) is 12.6. The molecule has 1 unspecified atom stereocenters. The minimum atomic E-state index is -0.836. The summed E-state index contributed by atoms with van der Waals surface area (Å²) in [6, 6.07) is 0. The Morgan fingerprint density at radius 3 is 1.76 bits per heavy atom. The third-order valence-electron chi connectivity index (χ3n) is 2.30. The van der Waals surface area contributed by atoms with Gasteiger partial charge >= 0.3 is 11.9 Å². The van der Waals surface area contributed by atoms with Gasteiger partial charge in [-0.2, -0.15) is 0 Å². The molecule has 0 saturated carbocycles. The van der Waals surface area contributed by atoms with E-state index in [-0.39, 0.29) is 19.1 Å². The fourth-order valence-electron chi connectivity index (χ4n) is 1.71. The van der Waals surface area contributed by atoms with Crippen LogP contribution in [-0.4, -0.2) is 50.7 Å². The molecule has 0 aromatic heterocycles. The van der Waals surface area contributed by atoms with E-state index in [1.54, 1.807) is 13.8 Å². The van der Waals surface area contributed by atoms with Crippen molar-refractivity contribution in [3.8, 4) is 0 Å². The molecule has 0 fully saturated rings. The van der Waals surface area contributed by atoms with Crippen LogP contribution in [0.3, 0.4) is 0 Å². The third kappa shape index (κ3) is 5.68. The molecule has 0 N–H and O–H groups in total. The van der Waals surface area contributed by atoms with Gasteiger partial charge < -0.3 is 14.4 Å². The van der Waals surface area contributed by atoms with Gasteiger partial charge in [-0.05, 0) is 33.9 Å². The molecular formula is C12H23NO4. The Morgan fingerprint density at radius 2 is 1.47 bits per heavy atom. The topological polar surface area (TPSA) is 55.8 Å². The second-order valence-corrected chi connectivity index (χ2v) is 4.22. The summed E-state index contributed by atoms with van der Waals surface area (Å²) in [6.07, 6.45) is 0. The molecule has 100 valence electrons. The lowest BCUT2D eigenvalue weighted by molar-refractivity contribution is -0.164. The van der Waals surface area contributed by atoms with Crippen LogP contribution in [0.2, 0.25) is 0 Å². The number of ether oxygens (including phenoxy) is 2. The van der Waals surface area contributed by atoms with Crippen molar-refractivity contribution in [2.24, 2.45) is 11.8 Å². The monoisotopic (exact) mass is 245 g/mol. The van der Waals surface area contributed by atoms with E-state index in [2.05, 4.69) is 0 Å². The van der Waals surface area contributed by atoms with E-state index < -0.39 is 17.9 Å². The molecule has 0 rings (SSSR count). The Bertz CT molecular complexity index is 235. The van der Waals surface area contributed by atoms with Gasteiger partial charge in [-0.15, -0.1) is 0 Å². The van der Waals surface area contributed by atoms with Crippen LogP contribution in [0.5, 0.6) is 0 Å². The molecule has 0 amide bonds. The summed E-state index contributed by atoms with van der Waals surface area (Å²) >= 11 is 0. The first-order valence-corrected chi connectivity index (χ1v) is 5.91.